The van der Waals surface area contributed by atoms with Gasteiger partial charge in [-0.1, -0.05) is 0 Å². The number of benzene rings is 1. The van der Waals surface area contributed by atoms with E-state index in [1.807, 2.05) is 24.3 Å². The van der Waals surface area contributed by atoms with Crippen LogP contribution in [0.4, 0.5) is 5.69 Å². The minimum absolute atomic E-state index is 0.104. The van der Waals surface area contributed by atoms with Gasteiger partial charge in [0.25, 0.3) is 0 Å². The summed E-state index contributed by atoms with van der Waals surface area (Å²) in [4.78, 5) is 4.65. The SMILES string of the molecule is CC(C)N1CCOC(CN(C)c2ccc(C(=N)N)cc2)C1. The molecule has 1 aliphatic rings. The van der Waals surface area contributed by atoms with Crippen LogP contribution in [0.2, 0.25) is 0 Å². The average Bonchev–Trinajstić information content (AvgIpc) is 2.47. The van der Waals surface area contributed by atoms with Crippen molar-refractivity contribution in [1.82, 2.24) is 4.90 Å². The lowest BCUT2D eigenvalue weighted by atomic mass is 10.1. The summed E-state index contributed by atoms with van der Waals surface area (Å²) in [5.74, 6) is 0.104. The third-order valence-corrected chi connectivity index (χ3v) is 4.00. The Morgan fingerprint density at radius 3 is 2.67 bits per heavy atom. The van der Waals surface area contributed by atoms with Gasteiger partial charge in [0.1, 0.15) is 5.84 Å². The lowest BCUT2D eigenvalue weighted by Gasteiger charge is -2.37. The Balaban J connectivity index is 1.94. The molecule has 0 aliphatic carbocycles. The number of anilines is 1. The molecule has 1 atom stereocenters. The third kappa shape index (κ3) is 4.19. The lowest BCUT2D eigenvalue weighted by Crippen LogP contribution is -2.49. The van der Waals surface area contributed by atoms with Crippen molar-refractivity contribution in [1.29, 1.82) is 5.41 Å². The Bertz CT molecular complexity index is 472. The van der Waals surface area contributed by atoms with Gasteiger partial charge in [0.05, 0.1) is 12.7 Å². The molecule has 0 spiro atoms. The summed E-state index contributed by atoms with van der Waals surface area (Å²) in [7, 11) is 2.07. The highest BCUT2D eigenvalue weighted by atomic mass is 16.5. The van der Waals surface area contributed by atoms with Crippen LogP contribution in [0.25, 0.3) is 0 Å². The molecular formula is C16H26N4O. The van der Waals surface area contributed by atoms with Crippen molar-refractivity contribution >= 4 is 11.5 Å². The maximum atomic E-state index is 7.42. The van der Waals surface area contributed by atoms with Crippen molar-refractivity contribution in [3.8, 4) is 0 Å². The highest BCUT2D eigenvalue weighted by molar-refractivity contribution is 5.95. The summed E-state index contributed by atoms with van der Waals surface area (Å²) in [6, 6.07) is 8.34. The fourth-order valence-corrected chi connectivity index (χ4v) is 2.63. The second-order valence-electron chi connectivity index (χ2n) is 5.92. The Kier molecular flexibility index (Phi) is 5.20. The monoisotopic (exact) mass is 290 g/mol. The molecular weight excluding hydrogens is 264 g/mol. The first-order valence-corrected chi connectivity index (χ1v) is 7.48. The second-order valence-corrected chi connectivity index (χ2v) is 5.92. The Morgan fingerprint density at radius 1 is 1.43 bits per heavy atom. The van der Waals surface area contributed by atoms with E-state index in [-0.39, 0.29) is 11.9 Å². The first kappa shape index (κ1) is 15.8. The fraction of sp³-hybridized carbons (Fsp3) is 0.562. The molecule has 1 aliphatic heterocycles. The molecule has 0 radical (unpaired) electrons. The molecule has 5 heteroatoms. The number of nitrogens with zero attached hydrogens (tertiary/aromatic N) is 2. The first-order valence-electron chi connectivity index (χ1n) is 7.48. The fourth-order valence-electron chi connectivity index (χ4n) is 2.63. The molecule has 1 aromatic carbocycles. The zero-order valence-corrected chi connectivity index (χ0v) is 13.2. The molecule has 116 valence electrons. The number of morpholine rings is 1. The predicted octanol–water partition coefficient (Wildman–Crippen LogP) is 1.52. The van der Waals surface area contributed by atoms with Gasteiger partial charge < -0.3 is 15.4 Å². The number of ether oxygens (including phenoxy) is 1. The van der Waals surface area contributed by atoms with E-state index in [2.05, 4.69) is 30.7 Å². The molecule has 3 N–H and O–H groups in total. The van der Waals surface area contributed by atoms with E-state index < -0.39 is 0 Å². The topological polar surface area (TPSA) is 65.6 Å². The van der Waals surface area contributed by atoms with Crippen LogP contribution in [0.15, 0.2) is 24.3 Å². The summed E-state index contributed by atoms with van der Waals surface area (Å²) in [5, 5.41) is 7.42. The van der Waals surface area contributed by atoms with Crippen LogP contribution >= 0.6 is 0 Å². The van der Waals surface area contributed by atoms with E-state index in [0.717, 1.165) is 37.5 Å². The zero-order chi connectivity index (χ0) is 15.4. The molecule has 0 aromatic heterocycles. The zero-order valence-electron chi connectivity index (χ0n) is 13.2. The summed E-state index contributed by atoms with van der Waals surface area (Å²) < 4.78 is 5.88. The molecule has 1 fully saturated rings. The van der Waals surface area contributed by atoms with Crippen molar-refractivity contribution in [2.45, 2.75) is 26.0 Å². The smallest absolute Gasteiger partial charge is 0.122 e. The molecule has 5 nitrogen and oxygen atoms in total. The van der Waals surface area contributed by atoms with E-state index in [1.54, 1.807) is 0 Å². The lowest BCUT2D eigenvalue weighted by molar-refractivity contribution is -0.0338. The van der Waals surface area contributed by atoms with Gasteiger partial charge in [0, 0.05) is 44.0 Å². The summed E-state index contributed by atoms with van der Waals surface area (Å²) >= 11 is 0. The summed E-state index contributed by atoms with van der Waals surface area (Å²) in [5.41, 5.74) is 7.35. The number of nitrogens with two attached hydrogens (primary N) is 1. The van der Waals surface area contributed by atoms with Gasteiger partial charge in [-0.3, -0.25) is 10.3 Å². The Labute approximate surface area is 127 Å². The van der Waals surface area contributed by atoms with Crippen LogP contribution < -0.4 is 10.6 Å². The van der Waals surface area contributed by atoms with Gasteiger partial charge in [-0.05, 0) is 38.1 Å². The second kappa shape index (κ2) is 6.91. The van der Waals surface area contributed by atoms with Crippen molar-refractivity contribution in [2.75, 3.05) is 38.2 Å². The number of hydrogen-bond donors (Lipinski definition) is 2. The molecule has 1 saturated heterocycles. The van der Waals surface area contributed by atoms with Gasteiger partial charge in [-0.2, -0.15) is 0 Å². The first-order chi connectivity index (χ1) is 9.97. The summed E-state index contributed by atoms with van der Waals surface area (Å²) in [6.07, 6.45) is 0.235. The summed E-state index contributed by atoms with van der Waals surface area (Å²) in [6.45, 7) is 8.13. The van der Waals surface area contributed by atoms with Crippen molar-refractivity contribution in [2.24, 2.45) is 5.73 Å². The average molecular weight is 290 g/mol. The Hall–Kier alpha value is -1.59. The van der Waals surface area contributed by atoms with Gasteiger partial charge in [-0.15, -0.1) is 0 Å². The van der Waals surface area contributed by atoms with Crippen molar-refractivity contribution < 1.29 is 4.74 Å². The highest BCUT2D eigenvalue weighted by Crippen LogP contribution is 2.16. The molecule has 1 unspecified atom stereocenters. The minimum atomic E-state index is 0.104. The molecule has 21 heavy (non-hydrogen) atoms. The predicted molar refractivity (Wildman–Crippen MR) is 87.2 cm³/mol. The van der Waals surface area contributed by atoms with Crippen LogP contribution in [0.1, 0.15) is 19.4 Å². The number of nitrogens with one attached hydrogen (secondary N) is 1. The maximum Gasteiger partial charge on any atom is 0.122 e. The molecule has 0 amide bonds. The normalized spacial score (nSPS) is 19.7. The molecule has 2 rings (SSSR count). The molecule has 1 aromatic rings. The van der Waals surface area contributed by atoms with Crippen LogP contribution in [0.5, 0.6) is 0 Å². The minimum Gasteiger partial charge on any atom is -0.384 e. The molecule has 1 heterocycles. The van der Waals surface area contributed by atoms with E-state index in [0.29, 0.717) is 6.04 Å². The van der Waals surface area contributed by atoms with Crippen LogP contribution in [-0.2, 0) is 4.74 Å². The standard InChI is InChI=1S/C16H26N4O/c1-12(2)20-8-9-21-15(11-20)10-19(3)14-6-4-13(5-7-14)16(17)18/h4-7,12,15H,8-11H2,1-3H3,(H3,17,18). The molecule has 0 saturated carbocycles. The van der Waals surface area contributed by atoms with Crippen LogP contribution in [0, 0.1) is 5.41 Å². The largest absolute Gasteiger partial charge is 0.384 e. The number of nitrogen functional groups attached to an aromatic ring is 1. The number of amidine groups is 1. The van der Waals surface area contributed by atoms with Crippen molar-refractivity contribution in [3.05, 3.63) is 29.8 Å². The quantitative estimate of drug-likeness (QED) is 0.637. The third-order valence-electron chi connectivity index (χ3n) is 4.00. The van der Waals surface area contributed by atoms with Crippen LogP contribution in [-0.4, -0.2) is 56.2 Å². The highest BCUT2D eigenvalue weighted by Gasteiger charge is 2.23. The number of hydrogen-bond acceptors (Lipinski definition) is 4. The Morgan fingerprint density at radius 2 is 2.10 bits per heavy atom. The van der Waals surface area contributed by atoms with E-state index in [4.69, 9.17) is 15.9 Å². The van der Waals surface area contributed by atoms with Gasteiger partial charge in [0.2, 0.25) is 0 Å². The van der Waals surface area contributed by atoms with E-state index >= 15 is 0 Å². The van der Waals surface area contributed by atoms with Crippen LogP contribution in [0.3, 0.4) is 0 Å². The number of rotatable bonds is 5. The van der Waals surface area contributed by atoms with Gasteiger partial charge >= 0.3 is 0 Å². The van der Waals surface area contributed by atoms with E-state index in [1.165, 1.54) is 0 Å². The molecule has 0 bridgehead atoms. The van der Waals surface area contributed by atoms with E-state index in [9.17, 15) is 0 Å². The van der Waals surface area contributed by atoms with Gasteiger partial charge in [-0.25, -0.2) is 0 Å². The number of likely N-dealkylation sites (N-methyl/N-ethyl adjacent to an activating group) is 1. The van der Waals surface area contributed by atoms with Crippen molar-refractivity contribution in [3.63, 3.8) is 0 Å². The van der Waals surface area contributed by atoms with Gasteiger partial charge in [0.15, 0.2) is 0 Å². The maximum absolute atomic E-state index is 7.42.